The molecule has 56 heavy (non-hydrogen) atoms. The first kappa shape index (κ1) is 30.9. The van der Waals surface area contributed by atoms with Crippen molar-refractivity contribution in [2.75, 3.05) is 4.90 Å². The molecule has 0 atom stereocenters. The average Bonchev–Trinajstić information content (AvgIpc) is 3.92. The molecule has 0 aliphatic rings. The zero-order valence-electron chi connectivity index (χ0n) is 30.3. The van der Waals surface area contributed by atoms with Gasteiger partial charge in [-0.2, -0.15) is 0 Å². The van der Waals surface area contributed by atoms with Crippen molar-refractivity contribution in [2.45, 2.75) is 0 Å². The Hall–Kier alpha value is -7.56. The van der Waals surface area contributed by atoms with E-state index in [2.05, 4.69) is 202 Å². The number of fused-ring (bicyclic) bond motifs is 11. The fraction of sp³-hybridized carbons (Fsp3) is 0. The second kappa shape index (κ2) is 12.0. The van der Waals surface area contributed by atoms with Gasteiger partial charge in [0.1, 0.15) is 11.2 Å². The normalized spacial score (nSPS) is 11.9. The number of hydrogen-bond donors (Lipinski definition) is 0. The minimum absolute atomic E-state index is 0.878. The minimum atomic E-state index is 0.878. The van der Waals surface area contributed by atoms with Gasteiger partial charge in [-0.25, -0.2) is 0 Å². The predicted molar refractivity (Wildman–Crippen MR) is 235 cm³/mol. The number of para-hydroxylation sites is 4. The number of hydrogen-bond acceptors (Lipinski definition) is 2. The lowest BCUT2D eigenvalue weighted by molar-refractivity contribution is 0.669. The largest absolute Gasteiger partial charge is 0.456 e. The molecule has 9 aromatic carbocycles. The van der Waals surface area contributed by atoms with Crippen LogP contribution in [0.25, 0.3) is 87.7 Å². The van der Waals surface area contributed by atoms with Gasteiger partial charge in [0.15, 0.2) is 0 Å². The van der Waals surface area contributed by atoms with Gasteiger partial charge in [0.25, 0.3) is 0 Å². The van der Waals surface area contributed by atoms with Gasteiger partial charge in [-0.15, -0.1) is 0 Å². The van der Waals surface area contributed by atoms with Crippen LogP contribution in [0.2, 0.25) is 0 Å². The summed E-state index contributed by atoms with van der Waals surface area (Å²) in [6.45, 7) is 0. The van der Waals surface area contributed by atoms with E-state index < -0.39 is 0 Å². The molecule has 0 amide bonds. The third-order valence-electron chi connectivity index (χ3n) is 11.5. The highest BCUT2D eigenvalue weighted by atomic mass is 16.3. The Morgan fingerprint density at radius 2 is 0.875 bits per heavy atom. The first-order chi connectivity index (χ1) is 27.8. The maximum Gasteiger partial charge on any atom is 0.135 e. The lowest BCUT2D eigenvalue weighted by Crippen LogP contribution is -2.10. The topological polar surface area (TPSA) is 26.2 Å². The van der Waals surface area contributed by atoms with Crippen LogP contribution in [0.5, 0.6) is 0 Å². The van der Waals surface area contributed by atoms with Crippen LogP contribution >= 0.6 is 0 Å². The summed E-state index contributed by atoms with van der Waals surface area (Å²) in [7, 11) is 0. The average molecular weight is 716 g/mol. The van der Waals surface area contributed by atoms with Gasteiger partial charge in [0.2, 0.25) is 0 Å². The Balaban J connectivity index is 1.09. The molecule has 0 bridgehead atoms. The highest BCUT2D eigenvalue weighted by Gasteiger charge is 2.20. The Bertz CT molecular complexity index is 3480. The molecular weight excluding hydrogens is 683 g/mol. The quantitative estimate of drug-likeness (QED) is 0.177. The highest BCUT2D eigenvalue weighted by molar-refractivity contribution is 6.18. The number of aromatic nitrogens is 2. The summed E-state index contributed by atoms with van der Waals surface area (Å²) >= 11 is 0. The van der Waals surface area contributed by atoms with E-state index in [1.54, 1.807) is 0 Å². The second-order valence-electron chi connectivity index (χ2n) is 14.6. The molecule has 0 fully saturated rings. The van der Waals surface area contributed by atoms with Gasteiger partial charge in [-0.1, -0.05) is 115 Å². The number of furan rings is 1. The molecule has 0 N–H and O–H groups in total. The van der Waals surface area contributed by atoms with Crippen molar-refractivity contribution >= 4 is 93.4 Å². The van der Waals surface area contributed by atoms with Gasteiger partial charge in [-0.05, 0) is 90.3 Å². The standard InChI is InChI=1S/C52H33N3O/c1-2-13-35(14-3-1)54-47-19-9-6-16-41(47)43-30-27-39(33-49(43)54)53(38-28-31-51-46(32-38)44-18-8-11-21-50(44)56-51)36-23-25-37(26-24-36)55-48-20-10-7-17-42(48)45-29-22-34-12-4-5-15-40(34)52(45)55/h1-33H. The third-order valence-corrected chi connectivity index (χ3v) is 11.5. The van der Waals surface area contributed by atoms with E-state index in [1.807, 2.05) is 12.1 Å². The Morgan fingerprint density at radius 1 is 0.321 bits per heavy atom. The lowest BCUT2D eigenvalue weighted by Gasteiger charge is -2.26. The van der Waals surface area contributed by atoms with Crippen LogP contribution in [0.3, 0.4) is 0 Å². The van der Waals surface area contributed by atoms with E-state index in [-0.39, 0.29) is 0 Å². The summed E-state index contributed by atoms with van der Waals surface area (Å²) in [6, 6.07) is 72.1. The monoisotopic (exact) mass is 715 g/mol. The Morgan fingerprint density at radius 3 is 1.70 bits per heavy atom. The molecule has 3 heterocycles. The smallest absolute Gasteiger partial charge is 0.135 e. The summed E-state index contributed by atoms with van der Waals surface area (Å²) in [4.78, 5) is 2.37. The molecular formula is C52H33N3O. The Labute approximate surface area is 322 Å². The number of nitrogens with zero attached hydrogens (tertiary/aromatic N) is 3. The summed E-state index contributed by atoms with van der Waals surface area (Å²) in [6.07, 6.45) is 0. The second-order valence-corrected chi connectivity index (χ2v) is 14.6. The van der Waals surface area contributed by atoms with E-state index in [9.17, 15) is 0 Å². The molecule has 0 radical (unpaired) electrons. The minimum Gasteiger partial charge on any atom is -0.456 e. The van der Waals surface area contributed by atoms with Crippen LogP contribution < -0.4 is 4.90 Å². The SMILES string of the molecule is c1ccc(-n2c3ccccc3c3ccc(N(c4ccc(-n5c6ccccc6c6ccc7ccccc7c65)cc4)c4ccc5oc6ccccc6c5c4)cc32)cc1. The molecule has 12 aromatic rings. The highest BCUT2D eigenvalue weighted by Crippen LogP contribution is 2.43. The van der Waals surface area contributed by atoms with Crippen LogP contribution in [-0.2, 0) is 0 Å². The molecule has 0 spiro atoms. The van der Waals surface area contributed by atoms with Crippen molar-refractivity contribution in [3.8, 4) is 11.4 Å². The van der Waals surface area contributed by atoms with E-state index in [1.165, 1.54) is 48.9 Å². The zero-order valence-corrected chi connectivity index (χ0v) is 30.3. The molecule has 0 aliphatic heterocycles. The van der Waals surface area contributed by atoms with E-state index in [0.717, 1.165) is 55.9 Å². The summed E-state index contributed by atoms with van der Waals surface area (Å²) in [5.41, 5.74) is 12.0. The third kappa shape index (κ3) is 4.53. The van der Waals surface area contributed by atoms with Crippen LogP contribution in [0.15, 0.2) is 205 Å². The molecule has 4 nitrogen and oxygen atoms in total. The molecule has 0 unspecified atom stereocenters. The Kier molecular flexibility index (Phi) is 6.60. The van der Waals surface area contributed by atoms with Gasteiger partial charge in [0, 0.05) is 66.1 Å². The first-order valence-corrected chi connectivity index (χ1v) is 19.1. The van der Waals surface area contributed by atoms with Crippen molar-refractivity contribution in [3.63, 3.8) is 0 Å². The van der Waals surface area contributed by atoms with Crippen LogP contribution in [0.1, 0.15) is 0 Å². The number of rotatable bonds is 5. The predicted octanol–water partition coefficient (Wildman–Crippen LogP) is 14.4. The molecule has 4 heteroatoms. The van der Waals surface area contributed by atoms with Crippen molar-refractivity contribution in [1.29, 1.82) is 0 Å². The molecule has 12 rings (SSSR count). The van der Waals surface area contributed by atoms with Crippen molar-refractivity contribution in [3.05, 3.63) is 200 Å². The van der Waals surface area contributed by atoms with E-state index in [0.29, 0.717) is 0 Å². The van der Waals surface area contributed by atoms with Gasteiger partial charge in [0.05, 0.1) is 22.1 Å². The lowest BCUT2D eigenvalue weighted by atomic mass is 10.1. The zero-order chi connectivity index (χ0) is 36.7. The maximum atomic E-state index is 6.29. The van der Waals surface area contributed by atoms with Crippen LogP contribution in [0, 0.1) is 0 Å². The summed E-state index contributed by atoms with van der Waals surface area (Å²) < 4.78 is 11.1. The number of benzene rings is 9. The van der Waals surface area contributed by atoms with Crippen molar-refractivity contribution in [2.24, 2.45) is 0 Å². The molecule has 0 aliphatic carbocycles. The fourth-order valence-electron chi connectivity index (χ4n) is 9.00. The van der Waals surface area contributed by atoms with Gasteiger partial charge < -0.3 is 18.5 Å². The molecule has 262 valence electrons. The van der Waals surface area contributed by atoms with Crippen molar-refractivity contribution < 1.29 is 4.42 Å². The molecule has 0 saturated carbocycles. The number of anilines is 3. The van der Waals surface area contributed by atoms with Crippen LogP contribution in [0.4, 0.5) is 17.1 Å². The van der Waals surface area contributed by atoms with Gasteiger partial charge in [-0.3, -0.25) is 0 Å². The van der Waals surface area contributed by atoms with Crippen LogP contribution in [-0.4, -0.2) is 9.13 Å². The van der Waals surface area contributed by atoms with E-state index >= 15 is 0 Å². The molecule has 0 saturated heterocycles. The first-order valence-electron chi connectivity index (χ1n) is 19.1. The summed E-state index contributed by atoms with van der Waals surface area (Å²) in [5, 5.41) is 9.65. The summed E-state index contributed by atoms with van der Waals surface area (Å²) in [5.74, 6) is 0. The van der Waals surface area contributed by atoms with Gasteiger partial charge >= 0.3 is 0 Å². The molecule has 3 aromatic heterocycles. The van der Waals surface area contributed by atoms with E-state index in [4.69, 9.17) is 4.42 Å². The fourth-order valence-corrected chi connectivity index (χ4v) is 9.00. The maximum absolute atomic E-state index is 6.29. The van der Waals surface area contributed by atoms with Crippen molar-refractivity contribution in [1.82, 2.24) is 9.13 Å².